The molecule has 0 spiro atoms. The Hall–Kier alpha value is -1.86. The van der Waals surface area contributed by atoms with Crippen LogP contribution in [0, 0.1) is 15.5 Å². The van der Waals surface area contributed by atoms with Gasteiger partial charge in [0, 0.05) is 6.54 Å². The van der Waals surface area contributed by atoms with Crippen LogP contribution in [0.15, 0.2) is 18.2 Å². The summed E-state index contributed by atoms with van der Waals surface area (Å²) in [5.41, 5.74) is 3.37. The van der Waals surface area contributed by atoms with E-state index in [0.717, 1.165) is 32.5 Å². The monoisotopic (exact) mass is 293 g/mol. The number of piperidine rings is 1. The van der Waals surface area contributed by atoms with Crippen molar-refractivity contribution in [2.45, 2.75) is 19.8 Å². The van der Waals surface area contributed by atoms with Gasteiger partial charge in [-0.3, -0.25) is 16.0 Å². The average molecular weight is 293 g/mol. The van der Waals surface area contributed by atoms with Gasteiger partial charge in [0.05, 0.1) is 4.92 Å². The van der Waals surface area contributed by atoms with Crippen LogP contribution in [0.1, 0.15) is 19.8 Å². The Kier molecular flexibility index (Phi) is 4.64. The van der Waals surface area contributed by atoms with E-state index in [4.69, 9.17) is 5.84 Å². The number of hydrogen-bond acceptors (Lipinski definition) is 6. The number of benzene rings is 1. The molecule has 21 heavy (non-hydrogen) atoms. The SMILES string of the molecule is CN1CCC(C)(CNc2cccc(NN)c2[N+](=O)[O-])CC1. The van der Waals surface area contributed by atoms with Gasteiger partial charge in [-0.15, -0.1) is 0 Å². The van der Waals surface area contributed by atoms with Crippen LogP contribution in [-0.4, -0.2) is 36.5 Å². The highest BCUT2D eigenvalue weighted by molar-refractivity contribution is 5.75. The normalized spacial score (nSPS) is 18.2. The zero-order valence-corrected chi connectivity index (χ0v) is 12.6. The smallest absolute Gasteiger partial charge is 0.316 e. The van der Waals surface area contributed by atoms with Crippen LogP contribution in [0.4, 0.5) is 17.1 Å². The Morgan fingerprint density at radius 2 is 2.00 bits per heavy atom. The molecular weight excluding hydrogens is 270 g/mol. The highest BCUT2D eigenvalue weighted by Gasteiger charge is 2.29. The van der Waals surface area contributed by atoms with Crippen LogP contribution in [0.25, 0.3) is 0 Å². The molecule has 1 saturated heterocycles. The van der Waals surface area contributed by atoms with E-state index in [1.807, 2.05) is 0 Å². The molecule has 0 atom stereocenters. The first-order chi connectivity index (χ1) is 9.95. The maximum atomic E-state index is 11.2. The van der Waals surface area contributed by atoms with Gasteiger partial charge in [-0.05, 0) is 50.5 Å². The molecule has 4 N–H and O–H groups in total. The van der Waals surface area contributed by atoms with E-state index in [1.165, 1.54) is 0 Å². The zero-order valence-electron chi connectivity index (χ0n) is 12.6. The molecular formula is C14H23N5O2. The van der Waals surface area contributed by atoms with Crippen molar-refractivity contribution >= 4 is 17.1 Å². The second kappa shape index (κ2) is 6.28. The predicted molar refractivity (Wildman–Crippen MR) is 84.2 cm³/mol. The molecule has 1 aromatic rings. The first kappa shape index (κ1) is 15.5. The van der Waals surface area contributed by atoms with Crippen molar-refractivity contribution in [2.75, 3.05) is 37.4 Å². The first-order valence-corrected chi connectivity index (χ1v) is 7.12. The fourth-order valence-electron chi connectivity index (χ4n) is 2.64. The highest BCUT2D eigenvalue weighted by atomic mass is 16.6. The Morgan fingerprint density at radius 1 is 1.38 bits per heavy atom. The van der Waals surface area contributed by atoms with Crippen molar-refractivity contribution in [3.8, 4) is 0 Å². The summed E-state index contributed by atoms with van der Waals surface area (Å²) in [6, 6.07) is 5.07. The zero-order chi connectivity index (χ0) is 15.5. The Balaban J connectivity index is 2.11. The lowest BCUT2D eigenvalue weighted by atomic mass is 9.80. The summed E-state index contributed by atoms with van der Waals surface area (Å²) >= 11 is 0. The lowest BCUT2D eigenvalue weighted by Crippen LogP contribution is -2.40. The number of nitrogen functional groups attached to an aromatic ring is 1. The summed E-state index contributed by atoms with van der Waals surface area (Å²) in [6.07, 6.45) is 2.16. The summed E-state index contributed by atoms with van der Waals surface area (Å²) in [7, 11) is 2.12. The van der Waals surface area contributed by atoms with Crippen LogP contribution < -0.4 is 16.6 Å². The van der Waals surface area contributed by atoms with Crippen molar-refractivity contribution in [1.29, 1.82) is 0 Å². The number of rotatable bonds is 5. The van der Waals surface area contributed by atoms with E-state index in [9.17, 15) is 10.1 Å². The number of nitrogens with zero attached hydrogens (tertiary/aromatic N) is 2. The minimum Gasteiger partial charge on any atom is -0.379 e. The van der Waals surface area contributed by atoms with Crippen molar-refractivity contribution in [2.24, 2.45) is 11.3 Å². The van der Waals surface area contributed by atoms with Gasteiger partial charge in [-0.25, -0.2) is 0 Å². The first-order valence-electron chi connectivity index (χ1n) is 7.12. The topological polar surface area (TPSA) is 96.5 Å². The van der Waals surface area contributed by atoms with Crippen LogP contribution in [-0.2, 0) is 0 Å². The molecule has 0 aromatic heterocycles. The number of nitro benzene ring substituents is 1. The standard InChI is InChI=1S/C14H23N5O2/c1-14(6-8-18(2)9-7-14)10-16-11-4-3-5-12(17-15)13(11)19(20)21/h3-5,16-17H,6-10,15H2,1-2H3. The molecule has 0 radical (unpaired) electrons. The molecule has 0 bridgehead atoms. The molecule has 0 amide bonds. The number of hydrazine groups is 1. The minimum absolute atomic E-state index is 0.00322. The van der Waals surface area contributed by atoms with E-state index in [1.54, 1.807) is 18.2 Å². The third-order valence-electron chi connectivity index (χ3n) is 4.27. The second-order valence-electron chi connectivity index (χ2n) is 6.07. The molecule has 1 aliphatic rings. The van der Waals surface area contributed by atoms with Crippen molar-refractivity contribution in [3.05, 3.63) is 28.3 Å². The summed E-state index contributed by atoms with van der Waals surface area (Å²) in [5, 5.41) is 14.5. The van der Waals surface area contributed by atoms with Crippen LogP contribution in [0.5, 0.6) is 0 Å². The van der Waals surface area contributed by atoms with E-state index in [2.05, 4.69) is 29.6 Å². The van der Waals surface area contributed by atoms with Gasteiger partial charge in [0.15, 0.2) is 0 Å². The quantitative estimate of drug-likeness (QED) is 0.436. The lowest BCUT2D eigenvalue weighted by molar-refractivity contribution is -0.383. The molecule has 0 aliphatic carbocycles. The van der Waals surface area contributed by atoms with Crippen LogP contribution >= 0.6 is 0 Å². The fraction of sp³-hybridized carbons (Fsp3) is 0.571. The largest absolute Gasteiger partial charge is 0.379 e. The molecule has 7 nitrogen and oxygen atoms in total. The number of nitrogens with two attached hydrogens (primary N) is 1. The molecule has 0 unspecified atom stereocenters. The molecule has 1 heterocycles. The molecule has 1 aromatic carbocycles. The number of anilines is 2. The minimum atomic E-state index is -0.408. The Morgan fingerprint density at radius 3 is 2.57 bits per heavy atom. The molecule has 2 rings (SSSR count). The maximum Gasteiger partial charge on any atom is 0.316 e. The summed E-state index contributed by atoms with van der Waals surface area (Å²) < 4.78 is 0. The van der Waals surface area contributed by atoms with E-state index in [-0.39, 0.29) is 11.1 Å². The van der Waals surface area contributed by atoms with Gasteiger partial charge >= 0.3 is 5.69 Å². The highest BCUT2D eigenvalue weighted by Crippen LogP contribution is 2.35. The van der Waals surface area contributed by atoms with Gasteiger partial charge in [0.25, 0.3) is 0 Å². The van der Waals surface area contributed by atoms with Gasteiger partial charge in [0.1, 0.15) is 11.4 Å². The van der Waals surface area contributed by atoms with Gasteiger partial charge in [-0.1, -0.05) is 13.0 Å². The van der Waals surface area contributed by atoms with E-state index >= 15 is 0 Å². The number of nitrogens with one attached hydrogen (secondary N) is 2. The van der Waals surface area contributed by atoms with Crippen LogP contribution in [0.3, 0.4) is 0 Å². The Labute approximate surface area is 124 Å². The third kappa shape index (κ3) is 3.62. The second-order valence-corrected chi connectivity index (χ2v) is 6.07. The number of para-hydroxylation sites is 1. The molecule has 7 heteroatoms. The van der Waals surface area contributed by atoms with E-state index in [0.29, 0.717) is 11.4 Å². The summed E-state index contributed by atoms with van der Waals surface area (Å²) in [4.78, 5) is 13.1. The molecule has 1 aliphatic heterocycles. The average Bonchev–Trinajstić information content (AvgIpc) is 2.48. The van der Waals surface area contributed by atoms with Crippen molar-refractivity contribution < 1.29 is 4.92 Å². The molecule has 1 fully saturated rings. The Bertz CT molecular complexity index is 512. The fourth-order valence-corrected chi connectivity index (χ4v) is 2.64. The number of likely N-dealkylation sites (tertiary alicyclic amines) is 1. The van der Waals surface area contributed by atoms with Crippen molar-refractivity contribution in [3.63, 3.8) is 0 Å². The third-order valence-corrected chi connectivity index (χ3v) is 4.27. The number of hydrogen-bond donors (Lipinski definition) is 3. The number of nitro groups is 1. The molecule has 0 saturated carbocycles. The van der Waals surface area contributed by atoms with Gasteiger partial charge in [0.2, 0.25) is 0 Å². The van der Waals surface area contributed by atoms with E-state index < -0.39 is 4.92 Å². The lowest BCUT2D eigenvalue weighted by Gasteiger charge is -2.38. The molecule has 116 valence electrons. The predicted octanol–water partition coefficient (Wildman–Crippen LogP) is 2.02. The van der Waals surface area contributed by atoms with Gasteiger partial charge < -0.3 is 15.6 Å². The van der Waals surface area contributed by atoms with Crippen LogP contribution in [0.2, 0.25) is 0 Å². The van der Waals surface area contributed by atoms with Crippen molar-refractivity contribution in [1.82, 2.24) is 4.90 Å². The summed E-state index contributed by atoms with van der Waals surface area (Å²) in [6.45, 7) is 5.06. The summed E-state index contributed by atoms with van der Waals surface area (Å²) in [5.74, 6) is 5.35. The maximum absolute atomic E-state index is 11.2. The van der Waals surface area contributed by atoms with Gasteiger partial charge in [-0.2, -0.15) is 0 Å².